The highest BCUT2D eigenvalue weighted by molar-refractivity contribution is 5.91. The van der Waals surface area contributed by atoms with Gasteiger partial charge in [0.25, 0.3) is 5.56 Å². The number of esters is 3. The molecular weight excluding hydrogens is 877 g/mol. The van der Waals surface area contributed by atoms with Crippen molar-refractivity contribution in [3.63, 3.8) is 0 Å². The van der Waals surface area contributed by atoms with E-state index in [1.807, 2.05) is 34.6 Å². The Hall–Kier alpha value is -5.40. The Labute approximate surface area is 406 Å². The number of pyridine rings is 2. The molecule has 1 N–H and O–H groups in total. The van der Waals surface area contributed by atoms with Crippen molar-refractivity contribution in [3.05, 3.63) is 79.1 Å². The lowest BCUT2D eigenvalue weighted by Gasteiger charge is -2.37. The highest BCUT2D eigenvalue weighted by atomic mass is 16.6. The zero-order valence-electron chi connectivity index (χ0n) is 42.0. The summed E-state index contributed by atoms with van der Waals surface area (Å²) in [6.07, 6.45) is 15.9. The van der Waals surface area contributed by atoms with Gasteiger partial charge in [-0.05, 0) is 119 Å². The second kappa shape index (κ2) is 22.6. The predicted molar refractivity (Wildman–Crippen MR) is 264 cm³/mol. The van der Waals surface area contributed by atoms with E-state index in [0.29, 0.717) is 54.1 Å². The molecule has 0 saturated carbocycles. The van der Waals surface area contributed by atoms with Crippen LogP contribution in [0.4, 0.5) is 0 Å². The van der Waals surface area contributed by atoms with Crippen molar-refractivity contribution in [2.24, 2.45) is 0 Å². The molecule has 2 atom stereocenters. The minimum Gasteiger partial charge on any atom is -0.479 e. The number of hydrogen-bond donors (Lipinski definition) is 1. The van der Waals surface area contributed by atoms with Gasteiger partial charge in [-0.3, -0.25) is 19.2 Å². The molecule has 2 aromatic heterocycles. The number of hydrogen-bond acceptors (Lipinski definition) is 12. The molecule has 0 spiro atoms. The van der Waals surface area contributed by atoms with E-state index in [-0.39, 0.29) is 60.6 Å². The van der Waals surface area contributed by atoms with Crippen LogP contribution in [-0.4, -0.2) is 57.2 Å². The van der Waals surface area contributed by atoms with Gasteiger partial charge in [-0.15, -0.1) is 0 Å². The summed E-state index contributed by atoms with van der Waals surface area (Å²) in [5, 5.41) is 12.0. The third kappa shape index (κ3) is 11.0. The van der Waals surface area contributed by atoms with Gasteiger partial charge in [0.05, 0.1) is 41.9 Å². The van der Waals surface area contributed by atoms with Crippen LogP contribution in [0.25, 0.3) is 22.3 Å². The highest BCUT2D eigenvalue weighted by Gasteiger charge is 2.46. The number of aryl methyl sites for hydroxylation is 1. The first-order chi connectivity index (χ1) is 33.1. The fourth-order valence-corrected chi connectivity index (χ4v) is 10.3. The van der Waals surface area contributed by atoms with Crippen molar-refractivity contribution in [2.75, 3.05) is 13.2 Å². The molecule has 3 aliphatic heterocycles. The number of nitrogens with zero attached hydrogens (tertiary/aromatic N) is 2. The van der Waals surface area contributed by atoms with Gasteiger partial charge < -0.3 is 33.4 Å². The zero-order valence-corrected chi connectivity index (χ0v) is 42.0. The van der Waals surface area contributed by atoms with Gasteiger partial charge in [-0.1, -0.05) is 78.6 Å². The maximum absolute atomic E-state index is 13.7. The molecule has 13 nitrogen and oxygen atoms in total. The first kappa shape index (κ1) is 51.5. The average molecular weight is 949 g/mol. The van der Waals surface area contributed by atoms with Gasteiger partial charge in [0.15, 0.2) is 17.0 Å². The summed E-state index contributed by atoms with van der Waals surface area (Å²) in [4.78, 5) is 71.3. The number of aromatic nitrogens is 2. The quantitative estimate of drug-likeness (QED) is 0.0353. The maximum Gasteiger partial charge on any atom is 0.343 e. The molecule has 69 heavy (non-hydrogen) atoms. The van der Waals surface area contributed by atoms with Crippen LogP contribution in [0, 0.1) is 20.8 Å². The van der Waals surface area contributed by atoms with Gasteiger partial charge >= 0.3 is 17.9 Å². The molecule has 0 amide bonds. The number of ketones is 1. The minimum absolute atomic E-state index is 0.0500. The summed E-state index contributed by atoms with van der Waals surface area (Å²) >= 11 is 0. The lowest BCUT2D eigenvalue weighted by atomic mass is 9.84. The summed E-state index contributed by atoms with van der Waals surface area (Å²) in [7, 11) is 0. The number of carbonyl (C=O) groups excluding carboxylic acids is 4. The number of carbonyl (C=O) groups is 4. The van der Waals surface area contributed by atoms with Crippen molar-refractivity contribution in [1.82, 2.24) is 9.55 Å². The Morgan fingerprint density at radius 3 is 2.13 bits per heavy atom. The van der Waals surface area contributed by atoms with Crippen LogP contribution in [0.15, 0.2) is 29.1 Å². The maximum atomic E-state index is 13.7. The Bertz CT molecular complexity index is 2650. The fraction of sp³-hybridized carbons (Fsp3) is 0.571. The number of ether oxygens (including phenoxy) is 5. The van der Waals surface area contributed by atoms with Crippen molar-refractivity contribution in [3.8, 4) is 28.6 Å². The molecule has 372 valence electrons. The monoisotopic (exact) mass is 949 g/mol. The zero-order chi connectivity index (χ0) is 49.5. The van der Waals surface area contributed by atoms with Crippen LogP contribution in [0.2, 0.25) is 0 Å². The van der Waals surface area contributed by atoms with Crippen LogP contribution < -0.4 is 19.8 Å². The summed E-state index contributed by atoms with van der Waals surface area (Å²) < 4.78 is 30.9. The van der Waals surface area contributed by atoms with E-state index in [1.165, 1.54) is 32.1 Å². The molecule has 0 bridgehead atoms. The molecule has 0 radical (unpaired) electrons. The number of rotatable bonds is 24. The standard InChI is InChI=1S/C56H72N2O11/c1-8-11-12-13-17-20-29-65-30-21-18-15-14-16-19-22-47(59)55(7)28-27-40-37(6)51(35(4)36(5)52(40)69-55)68-49(61)26-25-48(60)67-38-23-24-45-41(31-38)39(9-2)42-33-58-46(50(42)57-45)32-44-43(53(58)62)34-66-54(63)56(44,64)10-3/h23-24,31-32,64H,8-22,25-30,33-34H2,1-7H3/t55-,56-/m0/s1. The minimum atomic E-state index is -1.92. The van der Waals surface area contributed by atoms with E-state index in [9.17, 15) is 29.1 Å². The highest BCUT2D eigenvalue weighted by Crippen LogP contribution is 2.45. The number of cyclic esters (lactones) is 1. The molecule has 5 heterocycles. The summed E-state index contributed by atoms with van der Waals surface area (Å²) in [5.74, 6) is -0.406. The van der Waals surface area contributed by atoms with Crippen molar-refractivity contribution in [1.29, 1.82) is 0 Å². The fourth-order valence-electron chi connectivity index (χ4n) is 10.3. The summed E-state index contributed by atoms with van der Waals surface area (Å²) in [6.45, 7) is 15.3. The third-order valence-corrected chi connectivity index (χ3v) is 14.8. The Morgan fingerprint density at radius 1 is 0.783 bits per heavy atom. The van der Waals surface area contributed by atoms with E-state index in [4.69, 9.17) is 28.7 Å². The molecule has 3 aliphatic rings. The largest absolute Gasteiger partial charge is 0.479 e. The van der Waals surface area contributed by atoms with Gasteiger partial charge in [0.1, 0.15) is 23.9 Å². The van der Waals surface area contributed by atoms with Crippen LogP contribution >= 0.6 is 0 Å². The van der Waals surface area contributed by atoms with Gasteiger partial charge in [0, 0.05) is 41.7 Å². The van der Waals surface area contributed by atoms with E-state index < -0.39 is 29.1 Å². The lowest BCUT2D eigenvalue weighted by Crippen LogP contribution is -2.44. The molecule has 2 aromatic carbocycles. The molecular formula is C56H72N2O11. The number of unbranched alkanes of at least 4 members (excludes halogenated alkanes) is 10. The van der Waals surface area contributed by atoms with Gasteiger partial charge in [-0.2, -0.15) is 0 Å². The number of aliphatic hydroxyl groups is 1. The Kier molecular flexibility index (Phi) is 16.8. The number of Topliss-reactive ketones (excluding diaryl/α,β-unsaturated/α-hetero) is 1. The van der Waals surface area contributed by atoms with E-state index in [2.05, 4.69) is 6.92 Å². The van der Waals surface area contributed by atoms with Crippen molar-refractivity contribution >= 4 is 34.6 Å². The van der Waals surface area contributed by atoms with Crippen LogP contribution in [0.3, 0.4) is 0 Å². The molecule has 7 rings (SSSR count). The third-order valence-electron chi connectivity index (χ3n) is 14.8. The average Bonchev–Trinajstić information content (AvgIpc) is 3.71. The van der Waals surface area contributed by atoms with Crippen LogP contribution in [0.5, 0.6) is 17.2 Å². The van der Waals surface area contributed by atoms with Gasteiger partial charge in [0.2, 0.25) is 0 Å². The van der Waals surface area contributed by atoms with E-state index >= 15 is 0 Å². The van der Waals surface area contributed by atoms with E-state index in [1.54, 1.807) is 35.8 Å². The molecule has 4 aromatic rings. The Balaban J connectivity index is 0.895. The second-order valence-electron chi connectivity index (χ2n) is 19.5. The van der Waals surface area contributed by atoms with Crippen LogP contribution in [-0.2, 0) is 60.2 Å². The second-order valence-corrected chi connectivity index (χ2v) is 19.5. The smallest absolute Gasteiger partial charge is 0.343 e. The number of benzene rings is 2. The van der Waals surface area contributed by atoms with Crippen molar-refractivity contribution in [2.45, 2.75) is 195 Å². The molecule has 0 aliphatic carbocycles. The first-order valence-corrected chi connectivity index (χ1v) is 25.6. The first-order valence-electron chi connectivity index (χ1n) is 25.6. The predicted octanol–water partition coefficient (Wildman–Crippen LogP) is 10.6. The molecule has 0 saturated heterocycles. The normalized spacial score (nSPS) is 17.9. The molecule has 13 heteroatoms. The molecule has 0 unspecified atom stereocenters. The van der Waals surface area contributed by atoms with Crippen LogP contribution in [0.1, 0.15) is 181 Å². The lowest BCUT2D eigenvalue weighted by molar-refractivity contribution is -0.172. The molecule has 0 fully saturated rings. The van der Waals surface area contributed by atoms with E-state index in [0.717, 1.165) is 96.9 Å². The number of fused-ring (bicyclic) bond motifs is 6. The van der Waals surface area contributed by atoms with Crippen molar-refractivity contribution < 1.29 is 48.0 Å². The Morgan fingerprint density at radius 2 is 1.45 bits per heavy atom. The SMILES string of the molecule is CCCCCCCCOCCCCCCCCC(=O)[C@]1(C)CCc2c(C)c(OC(=O)CCC(=O)Oc3ccc4nc5c(c(CC)c4c3)Cn3c-5cc4c(c3=O)COC(=O)[C@]4(O)CC)c(C)c(C)c2O1. The summed E-state index contributed by atoms with van der Waals surface area (Å²) in [6, 6.07) is 6.82. The van der Waals surface area contributed by atoms with Gasteiger partial charge in [-0.25, -0.2) is 9.78 Å². The topological polar surface area (TPSA) is 170 Å². The summed E-state index contributed by atoms with van der Waals surface area (Å²) in [5.41, 5.74) is 4.10.